The molecule has 3 N–H and O–H groups in total. The number of urea groups is 1. The van der Waals surface area contributed by atoms with Gasteiger partial charge in [-0.25, -0.2) is 4.79 Å². The topological polar surface area (TPSA) is 81.7 Å². The minimum atomic E-state index is -4.26. The molecule has 2 heterocycles. The third kappa shape index (κ3) is 2.92. The maximum absolute atomic E-state index is 12.9. The van der Waals surface area contributed by atoms with Crippen LogP contribution in [0.2, 0.25) is 0 Å². The summed E-state index contributed by atoms with van der Waals surface area (Å²) in [5.74, 6) is -0.384. The highest BCUT2D eigenvalue weighted by Gasteiger charge is 2.69. The van der Waals surface area contributed by atoms with E-state index >= 15 is 0 Å². The van der Waals surface area contributed by atoms with Crippen molar-refractivity contribution in [3.63, 3.8) is 0 Å². The lowest BCUT2D eigenvalue weighted by Crippen LogP contribution is -2.76. The Morgan fingerprint density at radius 1 is 1.23 bits per heavy atom. The lowest BCUT2D eigenvalue weighted by Gasteiger charge is -2.65. The predicted molar refractivity (Wildman–Crippen MR) is 105 cm³/mol. The normalized spacial score (nSPS) is 37.3. The molecule has 1 aromatic rings. The fourth-order valence-corrected chi connectivity index (χ4v) is 6.63. The first-order valence-electron chi connectivity index (χ1n) is 10.7. The second-order valence-corrected chi connectivity index (χ2v) is 9.71. The smallest absolute Gasteiger partial charge is 0.387 e. The van der Waals surface area contributed by atoms with E-state index in [0.29, 0.717) is 19.4 Å². The summed E-state index contributed by atoms with van der Waals surface area (Å²) in [5.41, 5.74) is -0.183. The first-order valence-corrected chi connectivity index (χ1v) is 10.7. The van der Waals surface area contributed by atoms with Gasteiger partial charge in [0.2, 0.25) is 0 Å². The lowest BCUT2D eigenvalue weighted by atomic mass is 9.46. The van der Waals surface area contributed by atoms with Crippen LogP contribution in [0.4, 0.5) is 18.0 Å². The molecule has 6 nitrogen and oxygen atoms in total. The summed E-state index contributed by atoms with van der Waals surface area (Å²) in [6.45, 7) is 2.21. The number of benzene rings is 1. The van der Waals surface area contributed by atoms with E-state index in [-0.39, 0.29) is 31.7 Å². The van der Waals surface area contributed by atoms with Gasteiger partial charge in [0, 0.05) is 18.0 Å². The van der Waals surface area contributed by atoms with Crippen molar-refractivity contribution in [2.24, 2.45) is 0 Å². The number of carbonyl (C=O) groups is 2. The van der Waals surface area contributed by atoms with Gasteiger partial charge in [-0.1, -0.05) is 23.8 Å². The first-order chi connectivity index (χ1) is 14.5. The molecule has 2 bridgehead atoms. The highest BCUT2D eigenvalue weighted by Crippen LogP contribution is 2.60. The van der Waals surface area contributed by atoms with Gasteiger partial charge >= 0.3 is 12.2 Å². The number of alkyl halides is 3. The van der Waals surface area contributed by atoms with Gasteiger partial charge in [-0.2, -0.15) is 13.2 Å². The zero-order valence-electron chi connectivity index (χ0n) is 17.3. The monoisotopic (exact) mass is 437 g/mol. The number of aliphatic hydroxyl groups is 1. The highest BCUT2D eigenvalue weighted by atomic mass is 19.4. The van der Waals surface area contributed by atoms with Crippen molar-refractivity contribution in [2.75, 3.05) is 13.1 Å². The van der Waals surface area contributed by atoms with E-state index in [1.165, 1.54) is 0 Å². The molecule has 0 radical (unpaired) electrons. The zero-order valence-corrected chi connectivity index (χ0v) is 17.3. The van der Waals surface area contributed by atoms with Crippen LogP contribution < -0.4 is 10.6 Å². The van der Waals surface area contributed by atoms with Crippen LogP contribution in [0.1, 0.15) is 48.8 Å². The Kier molecular flexibility index (Phi) is 4.32. The number of rotatable bonds is 2. The van der Waals surface area contributed by atoms with Gasteiger partial charge in [0.1, 0.15) is 5.54 Å². The third-order valence-electron chi connectivity index (χ3n) is 8.07. The number of piperidine rings is 1. The minimum absolute atomic E-state index is 0.157. The lowest BCUT2D eigenvalue weighted by molar-refractivity contribution is -0.188. The number of imide groups is 1. The molecule has 5 rings (SSSR count). The Balaban J connectivity index is 1.60. The van der Waals surface area contributed by atoms with Gasteiger partial charge < -0.3 is 10.4 Å². The summed E-state index contributed by atoms with van der Waals surface area (Å²) in [6, 6.07) is 5.00. The van der Waals surface area contributed by atoms with Gasteiger partial charge in [0.15, 0.2) is 0 Å². The van der Waals surface area contributed by atoms with Crippen LogP contribution in [0, 0.1) is 6.92 Å². The molecule has 1 saturated carbocycles. The van der Waals surface area contributed by atoms with Gasteiger partial charge in [0.25, 0.3) is 5.91 Å². The molecule has 4 aliphatic rings. The Bertz CT molecular complexity index is 967. The fraction of sp³-hybridized carbons (Fsp3) is 0.636. The number of nitrogens with zero attached hydrogens (tertiary/aromatic N) is 1. The van der Waals surface area contributed by atoms with Crippen LogP contribution in [-0.4, -0.2) is 58.4 Å². The van der Waals surface area contributed by atoms with Crippen molar-refractivity contribution in [3.05, 3.63) is 34.9 Å². The van der Waals surface area contributed by atoms with Crippen molar-refractivity contribution in [1.29, 1.82) is 0 Å². The average molecular weight is 437 g/mol. The molecule has 0 aromatic heterocycles. The maximum Gasteiger partial charge on any atom is 0.390 e. The molecule has 2 saturated heterocycles. The summed E-state index contributed by atoms with van der Waals surface area (Å²) in [6.07, 6.45) is -3.54. The average Bonchev–Trinajstić information content (AvgIpc) is 2.94. The van der Waals surface area contributed by atoms with Crippen LogP contribution in [0.25, 0.3) is 0 Å². The predicted octanol–water partition coefficient (Wildman–Crippen LogP) is 2.31. The number of aryl methyl sites for hydroxylation is 1. The van der Waals surface area contributed by atoms with Crippen LogP contribution in [0.5, 0.6) is 0 Å². The quantitative estimate of drug-likeness (QED) is 0.621. The van der Waals surface area contributed by atoms with Crippen molar-refractivity contribution in [1.82, 2.24) is 15.5 Å². The van der Waals surface area contributed by atoms with Gasteiger partial charge in [-0.3, -0.25) is 15.0 Å². The molecule has 0 unspecified atom stereocenters. The van der Waals surface area contributed by atoms with Gasteiger partial charge in [-0.05, 0) is 56.7 Å². The molecule has 2 aliphatic carbocycles. The molecule has 9 heteroatoms. The molecule has 31 heavy (non-hydrogen) atoms. The van der Waals surface area contributed by atoms with E-state index in [4.69, 9.17) is 0 Å². The summed E-state index contributed by atoms with van der Waals surface area (Å²) >= 11 is 0. The van der Waals surface area contributed by atoms with Gasteiger partial charge in [0.05, 0.1) is 12.0 Å². The van der Waals surface area contributed by atoms with Crippen LogP contribution in [0.15, 0.2) is 18.2 Å². The third-order valence-corrected chi connectivity index (χ3v) is 8.07. The Morgan fingerprint density at radius 2 is 2.00 bits per heavy atom. The van der Waals surface area contributed by atoms with E-state index in [0.717, 1.165) is 16.7 Å². The number of likely N-dealkylation sites (tertiary alicyclic amines) is 1. The Morgan fingerprint density at radius 3 is 2.68 bits per heavy atom. The van der Waals surface area contributed by atoms with Crippen LogP contribution in [-0.2, 0) is 16.6 Å². The molecular weight excluding hydrogens is 411 g/mol. The van der Waals surface area contributed by atoms with E-state index in [1.807, 2.05) is 25.1 Å². The molecule has 3 amide bonds. The van der Waals surface area contributed by atoms with Crippen molar-refractivity contribution in [3.8, 4) is 0 Å². The fourth-order valence-electron chi connectivity index (χ4n) is 6.63. The minimum Gasteiger partial charge on any atom is -0.387 e. The molecule has 4 atom stereocenters. The number of halogens is 3. The summed E-state index contributed by atoms with van der Waals surface area (Å²) in [7, 11) is 0. The van der Waals surface area contributed by atoms with Crippen molar-refractivity contribution < 1.29 is 27.9 Å². The number of fused-ring (bicyclic) bond motifs is 1. The van der Waals surface area contributed by atoms with Crippen LogP contribution in [0.3, 0.4) is 0 Å². The highest BCUT2D eigenvalue weighted by molar-refractivity contribution is 6.07. The second kappa shape index (κ2) is 6.45. The van der Waals surface area contributed by atoms with E-state index < -0.39 is 41.2 Å². The SMILES string of the molecule is Cc1ccc2c(c1)[C@]13CCN(CCC(F)(F)F)[C@H](C2)[C@]1(O)CC[C@@]1(C3)NC(=O)NC1=O. The standard InChI is InChI=1S/C22H26F3N3O3/c1-13-2-3-14-11-16-21(31)5-4-20(17(29)26-18(30)27-20)12-19(21,15(14)10-13)6-8-28(16)9-7-22(23,24)25/h2-3,10,16,31H,4-9,11-12H2,1H3,(H2,26,27,29,30)/t16-,19-,20+,21-/m1/s1. The molecule has 3 fully saturated rings. The molecule has 1 aromatic carbocycles. The molecular formula is C22H26F3N3O3. The largest absolute Gasteiger partial charge is 0.390 e. The Labute approximate surface area is 178 Å². The van der Waals surface area contributed by atoms with E-state index in [9.17, 15) is 27.9 Å². The van der Waals surface area contributed by atoms with E-state index in [2.05, 4.69) is 10.6 Å². The summed E-state index contributed by atoms with van der Waals surface area (Å²) in [4.78, 5) is 26.5. The number of hydrogen-bond acceptors (Lipinski definition) is 4. The number of carbonyl (C=O) groups excluding carboxylic acids is 2. The number of nitrogens with one attached hydrogen (secondary N) is 2. The molecule has 2 aliphatic heterocycles. The summed E-state index contributed by atoms with van der Waals surface area (Å²) < 4.78 is 38.8. The molecule has 168 valence electrons. The molecule has 1 spiro atoms. The van der Waals surface area contributed by atoms with E-state index in [1.54, 1.807) is 4.90 Å². The first kappa shape index (κ1) is 20.8. The van der Waals surface area contributed by atoms with Crippen molar-refractivity contribution in [2.45, 2.75) is 74.2 Å². The van der Waals surface area contributed by atoms with Crippen molar-refractivity contribution >= 4 is 11.9 Å². The van der Waals surface area contributed by atoms with Crippen LogP contribution >= 0.6 is 0 Å². The number of amides is 3. The maximum atomic E-state index is 12.9. The second-order valence-electron chi connectivity index (χ2n) is 9.71. The van der Waals surface area contributed by atoms with Gasteiger partial charge in [-0.15, -0.1) is 0 Å². The zero-order chi connectivity index (χ0) is 22.2. The number of hydrogen-bond donors (Lipinski definition) is 3. The summed E-state index contributed by atoms with van der Waals surface area (Å²) in [5, 5.41) is 17.3. The Hall–Kier alpha value is -2.13.